The summed E-state index contributed by atoms with van der Waals surface area (Å²) >= 11 is 6.54. The Kier molecular flexibility index (Phi) is 4.28. The molecule has 0 atom stereocenters. The summed E-state index contributed by atoms with van der Waals surface area (Å²) in [6, 6.07) is 25.3. The van der Waals surface area contributed by atoms with E-state index in [4.69, 9.17) is 11.6 Å². The van der Waals surface area contributed by atoms with Crippen molar-refractivity contribution in [1.82, 2.24) is 0 Å². The number of hydrogen-bond donors (Lipinski definition) is 0. The van der Waals surface area contributed by atoms with E-state index in [0.29, 0.717) is 0 Å². The molecule has 0 radical (unpaired) electrons. The monoisotopic (exact) mass is 320 g/mol. The van der Waals surface area contributed by atoms with E-state index in [-0.39, 0.29) is 5.41 Å². The van der Waals surface area contributed by atoms with Gasteiger partial charge in [-0.25, -0.2) is 0 Å². The largest absolute Gasteiger partial charge is 0.0836 e. The molecule has 3 rings (SSSR count). The van der Waals surface area contributed by atoms with Gasteiger partial charge in [0.1, 0.15) is 0 Å². The van der Waals surface area contributed by atoms with Gasteiger partial charge in [-0.15, -0.1) is 0 Å². The highest BCUT2D eigenvalue weighted by molar-refractivity contribution is 6.34. The predicted octanol–water partition coefficient (Wildman–Crippen LogP) is 6.97. The minimum absolute atomic E-state index is 0.154. The van der Waals surface area contributed by atoms with Crippen molar-refractivity contribution in [3.63, 3.8) is 0 Å². The Morgan fingerprint density at radius 2 is 1.30 bits per heavy atom. The molecule has 0 heterocycles. The van der Waals surface area contributed by atoms with Crippen molar-refractivity contribution in [2.45, 2.75) is 26.2 Å². The normalized spacial score (nSPS) is 11.5. The maximum Gasteiger partial charge on any atom is 0.0490 e. The van der Waals surface area contributed by atoms with Crippen LogP contribution in [0, 0.1) is 0 Å². The molecule has 0 fully saturated rings. The molecule has 0 saturated carbocycles. The van der Waals surface area contributed by atoms with Crippen LogP contribution in [0.25, 0.3) is 22.3 Å². The average molecular weight is 321 g/mol. The molecule has 0 saturated heterocycles. The van der Waals surface area contributed by atoms with Crippen LogP contribution in [0.5, 0.6) is 0 Å². The van der Waals surface area contributed by atoms with Crippen LogP contribution >= 0.6 is 11.6 Å². The van der Waals surface area contributed by atoms with Gasteiger partial charge in [0, 0.05) is 10.6 Å². The molecular formula is C22H21Cl. The Morgan fingerprint density at radius 1 is 0.652 bits per heavy atom. The van der Waals surface area contributed by atoms with Gasteiger partial charge in [0.2, 0.25) is 0 Å². The molecule has 0 amide bonds. The van der Waals surface area contributed by atoms with Gasteiger partial charge in [-0.3, -0.25) is 0 Å². The van der Waals surface area contributed by atoms with Crippen molar-refractivity contribution in [3.05, 3.63) is 83.4 Å². The summed E-state index contributed by atoms with van der Waals surface area (Å²) in [6.45, 7) is 6.69. The summed E-state index contributed by atoms with van der Waals surface area (Å²) in [5, 5.41) is 0.787. The highest BCUT2D eigenvalue weighted by Crippen LogP contribution is 2.38. The molecule has 0 aliphatic heterocycles. The van der Waals surface area contributed by atoms with E-state index in [1.54, 1.807) is 0 Å². The second-order valence-corrected chi connectivity index (χ2v) is 7.26. The second kappa shape index (κ2) is 6.22. The van der Waals surface area contributed by atoms with Crippen LogP contribution in [-0.4, -0.2) is 0 Å². The molecule has 3 aromatic rings. The number of hydrogen-bond acceptors (Lipinski definition) is 0. The van der Waals surface area contributed by atoms with E-state index in [0.717, 1.165) is 16.1 Å². The zero-order chi connectivity index (χ0) is 16.4. The molecule has 0 spiro atoms. The van der Waals surface area contributed by atoms with Crippen LogP contribution in [0.15, 0.2) is 72.8 Å². The molecule has 116 valence electrons. The lowest BCUT2D eigenvalue weighted by atomic mass is 9.85. The van der Waals surface area contributed by atoms with Gasteiger partial charge in [-0.05, 0) is 33.7 Å². The first-order valence-electron chi connectivity index (χ1n) is 7.92. The molecule has 3 aromatic carbocycles. The first-order chi connectivity index (χ1) is 11.0. The van der Waals surface area contributed by atoms with Crippen molar-refractivity contribution in [2.75, 3.05) is 0 Å². The SMILES string of the molecule is CC(C)(C)c1ccc(-c2c(Cl)cccc2-c2ccccc2)cc1. The van der Waals surface area contributed by atoms with E-state index in [2.05, 4.69) is 75.4 Å². The van der Waals surface area contributed by atoms with Crippen LogP contribution in [0.4, 0.5) is 0 Å². The first-order valence-corrected chi connectivity index (χ1v) is 8.29. The van der Waals surface area contributed by atoms with E-state index in [1.165, 1.54) is 16.7 Å². The zero-order valence-electron chi connectivity index (χ0n) is 13.8. The first kappa shape index (κ1) is 15.8. The quantitative estimate of drug-likeness (QED) is 0.478. The topological polar surface area (TPSA) is 0 Å². The van der Waals surface area contributed by atoms with Crippen molar-refractivity contribution in [3.8, 4) is 22.3 Å². The second-order valence-electron chi connectivity index (χ2n) is 6.86. The summed E-state index contributed by atoms with van der Waals surface area (Å²) in [6.07, 6.45) is 0. The summed E-state index contributed by atoms with van der Waals surface area (Å²) < 4.78 is 0. The van der Waals surface area contributed by atoms with Gasteiger partial charge in [0.15, 0.2) is 0 Å². The van der Waals surface area contributed by atoms with Crippen LogP contribution in [0.2, 0.25) is 5.02 Å². The Hall–Kier alpha value is -2.05. The molecule has 0 aliphatic carbocycles. The zero-order valence-corrected chi connectivity index (χ0v) is 14.6. The third-order valence-electron chi connectivity index (χ3n) is 4.14. The van der Waals surface area contributed by atoms with Crippen LogP contribution in [0.1, 0.15) is 26.3 Å². The average Bonchev–Trinajstić information content (AvgIpc) is 2.55. The van der Waals surface area contributed by atoms with Crippen LogP contribution < -0.4 is 0 Å². The molecule has 0 unspecified atom stereocenters. The standard InChI is InChI=1S/C22H21Cl/c1-22(2,3)18-14-12-17(13-15-18)21-19(10-7-11-20(21)23)16-8-5-4-6-9-16/h4-15H,1-3H3. The summed E-state index contributed by atoms with van der Waals surface area (Å²) in [4.78, 5) is 0. The van der Waals surface area contributed by atoms with Crippen LogP contribution in [0.3, 0.4) is 0 Å². The van der Waals surface area contributed by atoms with Gasteiger partial charge in [-0.2, -0.15) is 0 Å². The molecule has 0 bridgehead atoms. The molecule has 23 heavy (non-hydrogen) atoms. The minimum Gasteiger partial charge on any atom is -0.0836 e. The summed E-state index contributed by atoms with van der Waals surface area (Å²) in [5.41, 5.74) is 6.09. The molecule has 0 aliphatic rings. The Balaban J connectivity index is 2.13. The summed E-state index contributed by atoms with van der Waals surface area (Å²) in [5.74, 6) is 0. The van der Waals surface area contributed by atoms with Gasteiger partial charge in [0.25, 0.3) is 0 Å². The van der Waals surface area contributed by atoms with Crippen molar-refractivity contribution in [1.29, 1.82) is 0 Å². The number of rotatable bonds is 2. The molecule has 1 heteroatoms. The minimum atomic E-state index is 0.154. The van der Waals surface area contributed by atoms with E-state index >= 15 is 0 Å². The lowest BCUT2D eigenvalue weighted by Crippen LogP contribution is -2.10. The highest BCUT2D eigenvalue weighted by Gasteiger charge is 2.15. The lowest BCUT2D eigenvalue weighted by Gasteiger charge is -2.20. The van der Waals surface area contributed by atoms with E-state index < -0.39 is 0 Å². The third-order valence-corrected chi connectivity index (χ3v) is 4.45. The Bertz CT molecular complexity index is 794. The number of benzene rings is 3. The molecule has 0 N–H and O–H groups in total. The van der Waals surface area contributed by atoms with E-state index in [1.807, 2.05) is 18.2 Å². The van der Waals surface area contributed by atoms with E-state index in [9.17, 15) is 0 Å². The summed E-state index contributed by atoms with van der Waals surface area (Å²) in [7, 11) is 0. The van der Waals surface area contributed by atoms with Gasteiger partial charge < -0.3 is 0 Å². The molecule has 0 aromatic heterocycles. The molecule has 0 nitrogen and oxygen atoms in total. The van der Waals surface area contributed by atoms with Crippen molar-refractivity contribution >= 4 is 11.6 Å². The van der Waals surface area contributed by atoms with Crippen LogP contribution in [-0.2, 0) is 5.41 Å². The van der Waals surface area contributed by atoms with Gasteiger partial charge in [-0.1, -0.05) is 99.1 Å². The fourth-order valence-corrected chi connectivity index (χ4v) is 3.10. The fourth-order valence-electron chi connectivity index (χ4n) is 2.81. The maximum absolute atomic E-state index is 6.54. The molecular weight excluding hydrogens is 300 g/mol. The van der Waals surface area contributed by atoms with Gasteiger partial charge in [0.05, 0.1) is 0 Å². The predicted molar refractivity (Wildman–Crippen MR) is 101 cm³/mol. The Morgan fingerprint density at radius 3 is 1.91 bits per heavy atom. The lowest BCUT2D eigenvalue weighted by molar-refractivity contribution is 0.590. The Labute approximate surface area is 143 Å². The third kappa shape index (κ3) is 3.33. The fraction of sp³-hybridized carbons (Fsp3) is 0.182. The number of halogens is 1. The van der Waals surface area contributed by atoms with Crippen molar-refractivity contribution < 1.29 is 0 Å². The smallest absolute Gasteiger partial charge is 0.0490 e. The van der Waals surface area contributed by atoms with Gasteiger partial charge >= 0.3 is 0 Å². The highest BCUT2D eigenvalue weighted by atomic mass is 35.5. The van der Waals surface area contributed by atoms with Crippen molar-refractivity contribution in [2.24, 2.45) is 0 Å². The maximum atomic E-state index is 6.54.